The lowest BCUT2D eigenvalue weighted by atomic mass is 10.2. The molecule has 27 heavy (non-hydrogen) atoms. The Balaban J connectivity index is 1.60. The van der Waals surface area contributed by atoms with Crippen LogP contribution < -0.4 is 4.90 Å². The number of imidazole rings is 1. The SMILES string of the molecule is O=S(Cc1ccccc1N1CCCC1)c1nc2ccc(C(F)(F)F)cc2[nH]1. The zero-order valence-electron chi connectivity index (χ0n) is 14.4. The zero-order valence-corrected chi connectivity index (χ0v) is 15.2. The van der Waals surface area contributed by atoms with Crippen LogP contribution in [-0.2, 0) is 22.7 Å². The van der Waals surface area contributed by atoms with Crippen LogP contribution in [-0.4, -0.2) is 27.3 Å². The van der Waals surface area contributed by atoms with Crippen molar-refractivity contribution in [3.05, 3.63) is 53.6 Å². The lowest BCUT2D eigenvalue weighted by Gasteiger charge is -2.21. The monoisotopic (exact) mass is 393 g/mol. The number of fused-ring (bicyclic) bond motifs is 1. The molecule has 2 heterocycles. The highest BCUT2D eigenvalue weighted by atomic mass is 32.2. The van der Waals surface area contributed by atoms with Gasteiger partial charge in [0.05, 0.1) is 33.1 Å². The number of H-pyrrole nitrogens is 1. The summed E-state index contributed by atoms with van der Waals surface area (Å²) in [5, 5.41) is 0.195. The van der Waals surface area contributed by atoms with Gasteiger partial charge in [-0.05, 0) is 42.7 Å². The topological polar surface area (TPSA) is 49.0 Å². The van der Waals surface area contributed by atoms with Gasteiger partial charge in [0.15, 0.2) is 5.16 Å². The molecule has 2 aromatic carbocycles. The minimum absolute atomic E-state index is 0.195. The van der Waals surface area contributed by atoms with Gasteiger partial charge < -0.3 is 9.88 Å². The van der Waals surface area contributed by atoms with Crippen LogP contribution in [0, 0.1) is 0 Å². The Kier molecular flexibility index (Phi) is 4.67. The molecule has 0 radical (unpaired) electrons. The molecular formula is C19H18F3N3OS. The van der Waals surface area contributed by atoms with Crippen LogP contribution in [0.5, 0.6) is 0 Å². The Hall–Kier alpha value is -2.35. The minimum atomic E-state index is -4.42. The number of anilines is 1. The number of nitrogens with zero attached hydrogens (tertiary/aromatic N) is 2. The van der Waals surface area contributed by atoms with Gasteiger partial charge >= 0.3 is 6.18 Å². The molecular weight excluding hydrogens is 375 g/mol. The summed E-state index contributed by atoms with van der Waals surface area (Å²) in [4.78, 5) is 9.29. The maximum Gasteiger partial charge on any atom is 0.416 e. The van der Waals surface area contributed by atoms with E-state index in [0.717, 1.165) is 49.3 Å². The molecule has 0 amide bonds. The number of nitrogens with one attached hydrogen (secondary N) is 1. The summed E-state index contributed by atoms with van der Waals surface area (Å²) in [6.45, 7) is 1.96. The number of aromatic amines is 1. The molecule has 0 saturated carbocycles. The third kappa shape index (κ3) is 3.71. The standard InChI is InChI=1S/C19H18F3N3OS/c20-19(21,22)14-7-8-15-16(11-14)24-18(23-15)27(26)12-13-5-1-2-6-17(13)25-9-3-4-10-25/h1-2,5-8,11H,3-4,9-10,12H2,(H,23,24). The van der Waals surface area contributed by atoms with Crippen molar-refractivity contribution in [3.8, 4) is 0 Å². The summed E-state index contributed by atoms with van der Waals surface area (Å²) in [5.74, 6) is 0.263. The number of alkyl halides is 3. The van der Waals surface area contributed by atoms with Gasteiger partial charge in [-0.1, -0.05) is 18.2 Å². The van der Waals surface area contributed by atoms with Crippen LogP contribution in [0.15, 0.2) is 47.6 Å². The van der Waals surface area contributed by atoms with Gasteiger partial charge in [-0.15, -0.1) is 0 Å². The highest BCUT2D eigenvalue weighted by Gasteiger charge is 2.31. The maximum absolute atomic E-state index is 12.9. The molecule has 142 valence electrons. The van der Waals surface area contributed by atoms with Crippen molar-refractivity contribution >= 4 is 27.5 Å². The van der Waals surface area contributed by atoms with Crippen molar-refractivity contribution in [1.29, 1.82) is 0 Å². The Labute approximate surface area is 156 Å². The van der Waals surface area contributed by atoms with Crippen molar-refractivity contribution in [2.24, 2.45) is 0 Å². The van der Waals surface area contributed by atoms with E-state index in [1.165, 1.54) is 6.07 Å². The number of hydrogen-bond acceptors (Lipinski definition) is 3. The number of rotatable bonds is 4. The van der Waals surface area contributed by atoms with E-state index >= 15 is 0 Å². The average Bonchev–Trinajstić information content (AvgIpc) is 3.30. The van der Waals surface area contributed by atoms with Crippen LogP contribution in [0.3, 0.4) is 0 Å². The second-order valence-electron chi connectivity index (χ2n) is 6.58. The molecule has 1 aliphatic heterocycles. The van der Waals surface area contributed by atoms with Crippen LogP contribution in [0.4, 0.5) is 18.9 Å². The first kappa shape index (κ1) is 18.0. The normalized spacial score (nSPS) is 16.2. The fourth-order valence-corrected chi connectivity index (χ4v) is 4.47. The quantitative estimate of drug-likeness (QED) is 0.711. The number of para-hydroxylation sites is 1. The molecule has 1 aromatic heterocycles. The van der Waals surface area contributed by atoms with E-state index in [0.29, 0.717) is 5.52 Å². The van der Waals surface area contributed by atoms with E-state index in [2.05, 4.69) is 14.9 Å². The molecule has 1 atom stereocenters. The third-order valence-corrected chi connectivity index (χ3v) is 5.93. The molecule has 8 heteroatoms. The molecule has 1 fully saturated rings. The zero-order chi connectivity index (χ0) is 19.0. The minimum Gasteiger partial charge on any atom is -0.371 e. The van der Waals surface area contributed by atoms with Gasteiger partial charge in [-0.3, -0.25) is 4.21 Å². The Morgan fingerprint density at radius 3 is 2.59 bits per heavy atom. The van der Waals surface area contributed by atoms with E-state index in [1.54, 1.807) is 0 Å². The lowest BCUT2D eigenvalue weighted by molar-refractivity contribution is -0.137. The average molecular weight is 393 g/mol. The van der Waals surface area contributed by atoms with E-state index in [9.17, 15) is 17.4 Å². The second-order valence-corrected chi connectivity index (χ2v) is 7.95. The highest BCUT2D eigenvalue weighted by molar-refractivity contribution is 7.84. The maximum atomic E-state index is 12.9. The van der Waals surface area contributed by atoms with Crippen molar-refractivity contribution in [2.75, 3.05) is 18.0 Å². The molecule has 0 spiro atoms. The van der Waals surface area contributed by atoms with E-state index < -0.39 is 22.5 Å². The van der Waals surface area contributed by atoms with Gasteiger partial charge in [0, 0.05) is 18.8 Å². The van der Waals surface area contributed by atoms with Crippen molar-refractivity contribution in [2.45, 2.75) is 29.9 Å². The third-order valence-electron chi connectivity index (χ3n) is 4.73. The van der Waals surface area contributed by atoms with Gasteiger partial charge in [0.2, 0.25) is 0 Å². The first-order chi connectivity index (χ1) is 12.9. The second kappa shape index (κ2) is 6.99. The smallest absolute Gasteiger partial charge is 0.371 e. The number of halogens is 3. The molecule has 1 aliphatic rings. The van der Waals surface area contributed by atoms with Crippen LogP contribution in [0.25, 0.3) is 11.0 Å². The fraction of sp³-hybridized carbons (Fsp3) is 0.316. The van der Waals surface area contributed by atoms with Gasteiger partial charge in [0.1, 0.15) is 0 Å². The fourth-order valence-electron chi connectivity index (χ4n) is 3.38. The number of benzene rings is 2. The summed E-state index contributed by atoms with van der Waals surface area (Å²) in [6.07, 6.45) is -2.14. The first-order valence-corrected chi connectivity index (χ1v) is 10.0. The Morgan fingerprint density at radius 1 is 1.11 bits per heavy atom. The molecule has 1 unspecified atom stereocenters. The number of hydrogen-bond donors (Lipinski definition) is 1. The predicted octanol–water partition coefficient (Wildman–Crippen LogP) is 4.49. The summed E-state index contributed by atoms with van der Waals surface area (Å²) < 4.78 is 51.4. The largest absolute Gasteiger partial charge is 0.416 e. The first-order valence-electron chi connectivity index (χ1n) is 8.70. The number of aromatic nitrogens is 2. The molecule has 1 N–H and O–H groups in total. The van der Waals surface area contributed by atoms with Crippen molar-refractivity contribution in [3.63, 3.8) is 0 Å². The van der Waals surface area contributed by atoms with Crippen molar-refractivity contribution < 1.29 is 17.4 Å². The molecule has 4 rings (SSSR count). The Morgan fingerprint density at radius 2 is 1.85 bits per heavy atom. The van der Waals surface area contributed by atoms with Gasteiger partial charge in [-0.25, -0.2) is 4.98 Å². The molecule has 1 saturated heterocycles. The summed E-state index contributed by atoms with van der Waals surface area (Å²) in [5.41, 5.74) is 1.88. The molecule has 4 nitrogen and oxygen atoms in total. The van der Waals surface area contributed by atoms with Crippen LogP contribution >= 0.6 is 0 Å². The lowest BCUT2D eigenvalue weighted by Crippen LogP contribution is -2.19. The van der Waals surface area contributed by atoms with Gasteiger partial charge in [-0.2, -0.15) is 13.2 Å². The van der Waals surface area contributed by atoms with Crippen molar-refractivity contribution in [1.82, 2.24) is 9.97 Å². The van der Waals surface area contributed by atoms with E-state index in [4.69, 9.17) is 0 Å². The predicted molar refractivity (Wildman–Crippen MR) is 99.1 cm³/mol. The summed E-state index contributed by atoms with van der Waals surface area (Å²) in [6, 6.07) is 11.1. The summed E-state index contributed by atoms with van der Waals surface area (Å²) >= 11 is 0. The molecule has 0 bridgehead atoms. The summed E-state index contributed by atoms with van der Waals surface area (Å²) in [7, 11) is -1.48. The van der Waals surface area contributed by atoms with Crippen LogP contribution in [0.2, 0.25) is 0 Å². The van der Waals surface area contributed by atoms with E-state index in [-0.39, 0.29) is 16.4 Å². The van der Waals surface area contributed by atoms with Gasteiger partial charge in [0.25, 0.3) is 0 Å². The van der Waals surface area contributed by atoms with Crippen LogP contribution in [0.1, 0.15) is 24.0 Å². The van der Waals surface area contributed by atoms with E-state index in [1.807, 2.05) is 24.3 Å². The molecule has 3 aromatic rings. The Bertz CT molecular complexity index is 993. The molecule has 0 aliphatic carbocycles. The highest BCUT2D eigenvalue weighted by Crippen LogP contribution is 2.31.